The number of benzene rings is 2. The number of H-pyrrole nitrogens is 1. The summed E-state index contributed by atoms with van der Waals surface area (Å²) in [5.41, 5.74) is 5.83. The Balaban J connectivity index is 1.64. The maximum absolute atomic E-state index is 13.1. The van der Waals surface area contributed by atoms with Gasteiger partial charge in [-0.15, -0.1) is 0 Å². The molecule has 2 aromatic carbocycles. The van der Waals surface area contributed by atoms with Crippen molar-refractivity contribution >= 4 is 28.2 Å². The zero-order chi connectivity index (χ0) is 24.0. The number of amidine groups is 1. The van der Waals surface area contributed by atoms with E-state index >= 15 is 0 Å². The van der Waals surface area contributed by atoms with E-state index in [2.05, 4.69) is 20.6 Å². The molecule has 0 radical (unpaired) electrons. The van der Waals surface area contributed by atoms with Gasteiger partial charge in [0.25, 0.3) is 5.91 Å². The monoisotopic (exact) mass is 468 g/mol. The second-order valence-corrected chi connectivity index (χ2v) is 7.10. The van der Waals surface area contributed by atoms with Crippen LogP contribution in [0.4, 0.5) is 26.3 Å². The lowest BCUT2D eigenvalue weighted by Crippen LogP contribution is -2.33. The van der Waals surface area contributed by atoms with Gasteiger partial charge in [0.1, 0.15) is 12.5 Å². The first-order chi connectivity index (χ1) is 15.4. The second kappa shape index (κ2) is 7.83. The molecule has 0 bridgehead atoms. The molecule has 1 aromatic heterocycles. The number of carbonyl (C=O) groups is 1. The van der Waals surface area contributed by atoms with Gasteiger partial charge < -0.3 is 5.73 Å². The number of hydrazine groups is 1. The Morgan fingerprint density at radius 2 is 1.70 bits per heavy atom. The Morgan fingerprint density at radius 3 is 2.30 bits per heavy atom. The summed E-state index contributed by atoms with van der Waals surface area (Å²) in [7, 11) is 0. The lowest BCUT2D eigenvalue weighted by molar-refractivity contribution is -0.143. The van der Waals surface area contributed by atoms with Crippen molar-refractivity contribution in [1.82, 2.24) is 20.6 Å². The first-order valence-corrected chi connectivity index (χ1v) is 9.24. The van der Waals surface area contributed by atoms with Crippen LogP contribution in [0.3, 0.4) is 0 Å². The molecule has 4 N–H and O–H groups in total. The number of aromatic amines is 1. The van der Waals surface area contributed by atoms with E-state index in [-0.39, 0.29) is 24.1 Å². The van der Waals surface area contributed by atoms with Crippen LogP contribution < -0.4 is 11.2 Å². The van der Waals surface area contributed by atoms with Gasteiger partial charge in [-0.1, -0.05) is 12.1 Å². The summed E-state index contributed by atoms with van der Waals surface area (Å²) in [4.78, 5) is 16.0. The van der Waals surface area contributed by atoms with Crippen molar-refractivity contribution in [2.45, 2.75) is 12.4 Å². The number of amides is 1. The minimum atomic E-state index is -4.99. The van der Waals surface area contributed by atoms with Crippen LogP contribution in [0.25, 0.3) is 16.5 Å². The summed E-state index contributed by atoms with van der Waals surface area (Å²) in [5.74, 6) is -1.03. The Morgan fingerprint density at radius 1 is 1.03 bits per heavy atom. The number of primary amides is 1. The summed E-state index contributed by atoms with van der Waals surface area (Å²) in [5, 5.41) is 8.64. The van der Waals surface area contributed by atoms with Crippen LogP contribution in [0.2, 0.25) is 0 Å². The second-order valence-electron chi connectivity index (χ2n) is 7.10. The molecule has 0 unspecified atom stereocenters. The highest BCUT2D eigenvalue weighted by molar-refractivity contribution is 6.19. The number of aromatic nitrogens is 2. The van der Waals surface area contributed by atoms with Crippen molar-refractivity contribution in [3.63, 3.8) is 0 Å². The van der Waals surface area contributed by atoms with Crippen LogP contribution in [0.15, 0.2) is 53.8 Å². The number of aliphatic imine (C=N–C) groups is 1. The van der Waals surface area contributed by atoms with Crippen LogP contribution >= 0.6 is 0 Å². The van der Waals surface area contributed by atoms with Gasteiger partial charge in [-0.3, -0.25) is 20.3 Å². The normalized spacial score (nSPS) is 15.0. The molecule has 1 aliphatic rings. The third-order valence-electron chi connectivity index (χ3n) is 4.80. The molecule has 2 heterocycles. The molecule has 1 aliphatic heterocycles. The van der Waals surface area contributed by atoms with Gasteiger partial charge in [-0.2, -0.15) is 31.4 Å². The maximum Gasteiger partial charge on any atom is 0.416 e. The fraction of sp³-hybridized carbons (Fsp3) is 0.150. The Kier molecular flexibility index (Phi) is 5.26. The number of nitrogens with two attached hydrogens (primary N) is 1. The SMILES string of the molecule is NC(=O)/C(=C/N1CN=C(c2cc(C(F)(F)F)cc(C(F)(F)F)c2)N1)c1ccc2cn[nH]c2c1. The number of halogens is 6. The predicted molar refractivity (Wildman–Crippen MR) is 106 cm³/mol. The number of nitrogens with zero attached hydrogens (tertiary/aromatic N) is 3. The Labute approximate surface area is 181 Å². The van der Waals surface area contributed by atoms with Gasteiger partial charge in [0.2, 0.25) is 0 Å². The molecule has 0 saturated carbocycles. The first-order valence-electron chi connectivity index (χ1n) is 9.24. The molecule has 0 saturated heterocycles. The molecule has 4 rings (SSSR count). The highest BCUT2D eigenvalue weighted by Gasteiger charge is 2.37. The van der Waals surface area contributed by atoms with Crippen LogP contribution in [0.5, 0.6) is 0 Å². The van der Waals surface area contributed by atoms with Gasteiger partial charge in [0.15, 0.2) is 0 Å². The minimum Gasteiger partial charge on any atom is -0.366 e. The number of rotatable bonds is 4. The molecule has 33 heavy (non-hydrogen) atoms. The van der Waals surface area contributed by atoms with Crippen molar-refractivity contribution in [3.05, 3.63) is 71.0 Å². The summed E-state index contributed by atoms with van der Waals surface area (Å²) < 4.78 is 78.8. The van der Waals surface area contributed by atoms with Gasteiger partial charge in [0.05, 0.1) is 28.4 Å². The molecule has 1 amide bonds. The van der Waals surface area contributed by atoms with Crippen molar-refractivity contribution in [2.24, 2.45) is 10.7 Å². The van der Waals surface area contributed by atoms with Crippen LogP contribution in [0, 0.1) is 0 Å². The smallest absolute Gasteiger partial charge is 0.366 e. The molecule has 0 atom stereocenters. The van der Waals surface area contributed by atoms with E-state index in [4.69, 9.17) is 5.73 Å². The van der Waals surface area contributed by atoms with E-state index in [0.29, 0.717) is 23.2 Å². The zero-order valence-electron chi connectivity index (χ0n) is 16.4. The van der Waals surface area contributed by atoms with Crippen LogP contribution in [-0.2, 0) is 17.1 Å². The molecular formula is C20H14F6N6O. The Bertz CT molecular complexity index is 1260. The Hall–Kier alpha value is -4.03. The van der Waals surface area contributed by atoms with Gasteiger partial charge >= 0.3 is 12.4 Å². The third-order valence-corrected chi connectivity index (χ3v) is 4.80. The topological polar surface area (TPSA) is 99.4 Å². The number of carbonyl (C=O) groups excluding carboxylic acids is 1. The number of fused-ring (bicyclic) bond motifs is 1. The molecule has 0 spiro atoms. The van der Waals surface area contributed by atoms with E-state index < -0.39 is 35.0 Å². The van der Waals surface area contributed by atoms with Crippen LogP contribution in [-0.4, -0.2) is 33.6 Å². The van der Waals surface area contributed by atoms with Gasteiger partial charge in [-0.25, -0.2) is 4.99 Å². The highest BCUT2D eigenvalue weighted by atomic mass is 19.4. The summed E-state index contributed by atoms with van der Waals surface area (Å²) in [6.07, 6.45) is -7.12. The zero-order valence-corrected chi connectivity index (χ0v) is 16.4. The van der Waals surface area contributed by atoms with Crippen molar-refractivity contribution in [2.75, 3.05) is 6.67 Å². The summed E-state index contributed by atoms with van der Waals surface area (Å²) in [6.45, 7) is -0.185. The van der Waals surface area contributed by atoms with E-state index in [0.717, 1.165) is 5.39 Å². The van der Waals surface area contributed by atoms with E-state index in [1.807, 2.05) is 0 Å². The quantitative estimate of drug-likeness (QED) is 0.402. The van der Waals surface area contributed by atoms with Gasteiger partial charge in [-0.05, 0) is 29.8 Å². The average Bonchev–Trinajstić information content (AvgIpc) is 3.39. The number of alkyl halides is 6. The molecule has 0 aliphatic carbocycles. The van der Waals surface area contributed by atoms with Crippen molar-refractivity contribution in [3.8, 4) is 0 Å². The lowest BCUT2D eigenvalue weighted by Gasteiger charge is -2.17. The predicted octanol–water partition coefficient (Wildman–Crippen LogP) is 3.65. The fourth-order valence-electron chi connectivity index (χ4n) is 3.22. The van der Waals surface area contributed by atoms with E-state index in [9.17, 15) is 31.1 Å². The summed E-state index contributed by atoms with van der Waals surface area (Å²) in [6, 6.07) is 6.11. The van der Waals surface area contributed by atoms with E-state index in [1.165, 1.54) is 11.2 Å². The fourth-order valence-corrected chi connectivity index (χ4v) is 3.22. The lowest BCUT2D eigenvalue weighted by atomic mass is 10.0. The number of nitrogens with one attached hydrogen (secondary N) is 2. The molecular weight excluding hydrogens is 454 g/mol. The number of hydrogen-bond acceptors (Lipinski definition) is 5. The van der Waals surface area contributed by atoms with E-state index in [1.54, 1.807) is 24.4 Å². The molecule has 3 aromatic rings. The summed E-state index contributed by atoms with van der Waals surface area (Å²) >= 11 is 0. The maximum atomic E-state index is 13.1. The third kappa shape index (κ3) is 4.61. The largest absolute Gasteiger partial charge is 0.416 e. The standard InChI is InChI=1S/C20H14F6N6O/c21-19(22,23)13-3-12(4-14(6-13)20(24,25)26)18-28-9-32(31-18)8-15(17(27)33)10-1-2-11-7-29-30-16(11)5-10/h1-8H,9H2,(H2,27,33)(H,28,31)(H,29,30)/b15-8+. The van der Waals surface area contributed by atoms with Crippen molar-refractivity contribution < 1.29 is 31.1 Å². The first kappa shape index (κ1) is 22.2. The van der Waals surface area contributed by atoms with Gasteiger partial charge in [0, 0.05) is 17.1 Å². The number of hydrogen-bond donors (Lipinski definition) is 3. The van der Waals surface area contributed by atoms with Crippen molar-refractivity contribution in [1.29, 1.82) is 0 Å². The highest BCUT2D eigenvalue weighted by Crippen LogP contribution is 2.36. The minimum absolute atomic E-state index is 0.0352. The van der Waals surface area contributed by atoms with Crippen LogP contribution in [0.1, 0.15) is 22.3 Å². The molecule has 13 heteroatoms. The molecule has 0 fully saturated rings. The molecule has 172 valence electrons. The average molecular weight is 468 g/mol. The molecule has 7 nitrogen and oxygen atoms in total.